The topological polar surface area (TPSA) is 222 Å². The first-order valence-corrected chi connectivity index (χ1v) is 9.53. The second-order valence-corrected chi connectivity index (χ2v) is 7.13. The number of hydrogen-bond acceptors (Lipinski definition) is 7. The van der Waals surface area contributed by atoms with E-state index in [-0.39, 0.29) is 22.7 Å². The van der Waals surface area contributed by atoms with Crippen LogP contribution in [-0.2, 0) is 14.9 Å². The quantitative estimate of drug-likeness (QED) is 0.242. The molecule has 9 N–H and O–H groups in total. The lowest BCUT2D eigenvalue weighted by molar-refractivity contribution is -0.138. The van der Waals surface area contributed by atoms with Gasteiger partial charge in [0.2, 0.25) is 0 Å². The van der Waals surface area contributed by atoms with Crippen LogP contribution in [0.4, 0.5) is 16.2 Å². The van der Waals surface area contributed by atoms with Crippen LogP contribution in [0.15, 0.2) is 53.4 Å². The molecule has 0 saturated carbocycles. The predicted octanol–water partition coefficient (Wildman–Crippen LogP) is 0.434. The van der Waals surface area contributed by atoms with Gasteiger partial charge in [-0.25, -0.2) is 9.59 Å². The molecule has 2 aromatic rings. The van der Waals surface area contributed by atoms with Crippen LogP contribution < -0.4 is 22.1 Å². The number of nitrogens with two attached hydrogens (primary N) is 2. The summed E-state index contributed by atoms with van der Waals surface area (Å²) in [4.78, 5) is 32.4. The lowest BCUT2D eigenvalue weighted by Gasteiger charge is -2.10. The normalized spacial score (nSPS) is 11.4. The fourth-order valence-corrected chi connectivity index (χ4v) is 2.41. The Kier molecular flexibility index (Phi) is 8.73. The lowest BCUT2D eigenvalue weighted by Crippen LogP contribution is -2.43. The molecule has 0 heterocycles. The molecule has 0 bridgehead atoms. The zero-order chi connectivity index (χ0) is 22.9. The highest BCUT2D eigenvalue weighted by atomic mass is 32.2. The average Bonchev–Trinajstić information content (AvgIpc) is 2.66. The maximum Gasteiger partial charge on any atom is 0.335 e. The van der Waals surface area contributed by atoms with Gasteiger partial charge in [-0.3, -0.25) is 9.35 Å². The molecule has 0 radical (unpaired) electrons. The fraction of sp³-hybridized carbons (Fsp3) is 0.118. The van der Waals surface area contributed by atoms with Crippen molar-refractivity contribution in [1.29, 1.82) is 0 Å². The van der Waals surface area contributed by atoms with E-state index in [1.54, 1.807) is 0 Å². The summed E-state index contributed by atoms with van der Waals surface area (Å²) in [7, 11) is -4.11. The first-order chi connectivity index (χ1) is 13.9. The van der Waals surface area contributed by atoms with Gasteiger partial charge in [0.05, 0.1) is 10.5 Å². The molecule has 13 heteroatoms. The fourth-order valence-electron chi connectivity index (χ4n) is 1.87. The predicted molar refractivity (Wildman–Crippen MR) is 107 cm³/mol. The third-order valence-electron chi connectivity index (χ3n) is 3.32. The molecular formula is C17H20N4O8S. The molecule has 0 spiro atoms. The van der Waals surface area contributed by atoms with Crippen molar-refractivity contribution in [2.75, 3.05) is 17.6 Å². The van der Waals surface area contributed by atoms with Crippen molar-refractivity contribution in [2.24, 2.45) is 5.73 Å². The Bertz CT molecular complexity index is 1030. The molecule has 30 heavy (non-hydrogen) atoms. The van der Waals surface area contributed by atoms with Gasteiger partial charge in [-0.05, 0) is 36.4 Å². The van der Waals surface area contributed by atoms with Crippen molar-refractivity contribution in [2.45, 2.75) is 10.9 Å². The van der Waals surface area contributed by atoms with Gasteiger partial charge >= 0.3 is 18.0 Å². The summed E-state index contributed by atoms with van der Waals surface area (Å²) < 4.78 is 29.5. The van der Waals surface area contributed by atoms with Gasteiger partial charge in [0.25, 0.3) is 10.1 Å². The third-order valence-corrected chi connectivity index (χ3v) is 4.17. The number of amides is 2. The van der Waals surface area contributed by atoms with Gasteiger partial charge in [0.15, 0.2) is 0 Å². The Morgan fingerprint density at radius 2 is 1.67 bits per heavy atom. The zero-order valence-electron chi connectivity index (χ0n) is 15.3. The van der Waals surface area contributed by atoms with E-state index in [1.165, 1.54) is 48.5 Å². The number of benzene rings is 2. The first-order valence-electron chi connectivity index (χ1n) is 8.09. The minimum atomic E-state index is -4.11. The van der Waals surface area contributed by atoms with Gasteiger partial charge in [-0.1, -0.05) is 12.1 Å². The number of anilines is 2. The molecule has 12 nitrogen and oxygen atoms in total. The average molecular weight is 440 g/mol. The number of carboxylic acids is 2. The van der Waals surface area contributed by atoms with Crippen molar-refractivity contribution in [1.82, 2.24) is 5.32 Å². The van der Waals surface area contributed by atoms with Crippen LogP contribution in [0.2, 0.25) is 0 Å². The van der Waals surface area contributed by atoms with Crippen LogP contribution in [0.1, 0.15) is 10.4 Å². The minimum Gasteiger partial charge on any atom is -0.480 e. The van der Waals surface area contributed by atoms with Crippen LogP contribution in [0, 0.1) is 0 Å². The molecule has 0 aromatic heterocycles. The largest absolute Gasteiger partial charge is 0.480 e. The standard InChI is InChI=1S/C11H13N3O5.C6H7NO3S/c12-8(10(17)18)5-13-11(19)14-7-3-1-2-6(4-7)9(15)16;7-5-2-1-3-6(4-5)11(8,9)10/h1-4,8H,5,12H2,(H,15,16)(H,17,18)(H2,13,14,19);1-4H,7H2,(H,8,9,10)/t8-;/m0./s1. The second kappa shape index (κ2) is 10.8. The number of nitrogen functional groups attached to an aromatic ring is 1. The molecule has 162 valence electrons. The van der Waals surface area contributed by atoms with Gasteiger partial charge < -0.3 is 32.3 Å². The number of carbonyl (C=O) groups excluding carboxylic acids is 1. The Morgan fingerprint density at radius 1 is 1.03 bits per heavy atom. The summed E-state index contributed by atoms with van der Waals surface area (Å²) in [6.07, 6.45) is 0. The molecule has 0 aliphatic carbocycles. The van der Waals surface area contributed by atoms with Crippen LogP contribution in [0.25, 0.3) is 0 Å². The summed E-state index contributed by atoms with van der Waals surface area (Å²) in [5.74, 6) is -2.34. The van der Waals surface area contributed by atoms with Crippen molar-refractivity contribution < 1.29 is 37.6 Å². The van der Waals surface area contributed by atoms with Crippen molar-refractivity contribution in [3.05, 3.63) is 54.1 Å². The van der Waals surface area contributed by atoms with Crippen LogP contribution in [0.3, 0.4) is 0 Å². The molecule has 1 atom stereocenters. The molecule has 2 rings (SSSR count). The summed E-state index contributed by atoms with van der Waals surface area (Å²) >= 11 is 0. The summed E-state index contributed by atoms with van der Waals surface area (Å²) in [6, 6.07) is 9.22. The number of aromatic carboxylic acids is 1. The van der Waals surface area contributed by atoms with Gasteiger partial charge in [0, 0.05) is 17.9 Å². The Morgan fingerprint density at radius 3 is 2.17 bits per heavy atom. The zero-order valence-corrected chi connectivity index (χ0v) is 16.2. The molecule has 2 amide bonds. The highest BCUT2D eigenvalue weighted by Gasteiger charge is 2.13. The number of hydrogen-bond donors (Lipinski definition) is 7. The van der Waals surface area contributed by atoms with E-state index in [2.05, 4.69) is 10.6 Å². The summed E-state index contributed by atoms with van der Waals surface area (Å²) in [5, 5.41) is 21.9. The van der Waals surface area contributed by atoms with Crippen molar-refractivity contribution in [3.8, 4) is 0 Å². The van der Waals surface area contributed by atoms with Crippen LogP contribution in [-0.4, -0.2) is 53.7 Å². The smallest absolute Gasteiger partial charge is 0.335 e. The van der Waals surface area contributed by atoms with Gasteiger partial charge in [-0.15, -0.1) is 0 Å². The minimum absolute atomic E-state index is 0.0278. The molecule has 0 fully saturated rings. The van der Waals surface area contributed by atoms with Gasteiger partial charge in [-0.2, -0.15) is 8.42 Å². The van der Waals surface area contributed by atoms with E-state index in [0.29, 0.717) is 5.69 Å². The van der Waals surface area contributed by atoms with Crippen LogP contribution >= 0.6 is 0 Å². The first kappa shape index (κ1) is 24.4. The van der Waals surface area contributed by atoms with Crippen LogP contribution in [0.5, 0.6) is 0 Å². The van der Waals surface area contributed by atoms with E-state index in [4.69, 9.17) is 26.2 Å². The number of carbonyl (C=O) groups is 3. The number of aliphatic carboxylic acids is 1. The molecule has 0 unspecified atom stereocenters. The second-order valence-electron chi connectivity index (χ2n) is 5.71. The number of rotatable bonds is 6. The Labute approximate surface area is 171 Å². The summed E-state index contributed by atoms with van der Waals surface area (Å²) in [6.45, 7) is -0.236. The third kappa shape index (κ3) is 8.55. The molecule has 0 aliphatic heterocycles. The van der Waals surface area contributed by atoms with Gasteiger partial charge in [0.1, 0.15) is 6.04 Å². The molecule has 2 aromatic carbocycles. The van der Waals surface area contributed by atoms with Crippen molar-refractivity contribution in [3.63, 3.8) is 0 Å². The van der Waals surface area contributed by atoms with E-state index < -0.39 is 34.1 Å². The van der Waals surface area contributed by atoms with E-state index in [0.717, 1.165) is 0 Å². The SMILES string of the molecule is N[C@@H](CNC(=O)Nc1cccc(C(=O)O)c1)C(=O)O.Nc1cccc(S(=O)(=O)O)c1. The lowest BCUT2D eigenvalue weighted by atomic mass is 10.2. The summed E-state index contributed by atoms with van der Waals surface area (Å²) in [5.41, 5.74) is 11.1. The van der Waals surface area contributed by atoms with Crippen molar-refractivity contribution >= 4 is 39.5 Å². The monoisotopic (exact) mass is 440 g/mol. The molecular weight excluding hydrogens is 420 g/mol. The number of nitrogens with one attached hydrogen (secondary N) is 2. The number of carboxylic acid groups (broad SMARTS) is 2. The molecule has 0 aliphatic rings. The van der Waals surface area contributed by atoms with E-state index in [1.807, 2.05) is 0 Å². The highest BCUT2D eigenvalue weighted by Crippen LogP contribution is 2.11. The number of urea groups is 1. The Hall–Kier alpha value is -3.68. The van der Waals surface area contributed by atoms with E-state index in [9.17, 15) is 22.8 Å². The van der Waals surface area contributed by atoms with E-state index >= 15 is 0 Å². The maximum atomic E-state index is 11.4. The molecule has 0 saturated heterocycles. The highest BCUT2D eigenvalue weighted by molar-refractivity contribution is 7.85. The maximum absolute atomic E-state index is 11.4. The Balaban J connectivity index is 0.000000346.